The molecule has 4 nitrogen and oxygen atoms in total. The van der Waals surface area contributed by atoms with E-state index in [4.69, 9.17) is 0 Å². The molecule has 1 aromatic rings. The maximum absolute atomic E-state index is 13.4. The zero-order chi connectivity index (χ0) is 15.8. The van der Waals surface area contributed by atoms with E-state index < -0.39 is 0 Å². The van der Waals surface area contributed by atoms with Crippen molar-refractivity contribution in [1.29, 1.82) is 0 Å². The van der Waals surface area contributed by atoms with Gasteiger partial charge < -0.3 is 15.5 Å². The lowest BCUT2D eigenvalue weighted by molar-refractivity contribution is 0.181. The van der Waals surface area contributed by atoms with Crippen molar-refractivity contribution in [2.75, 3.05) is 26.2 Å². The summed E-state index contributed by atoms with van der Waals surface area (Å²) >= 11 is 0. The van der Waals surface area contributed by atoms with Gasteiger partial charge in [-0.2, -0.15) is 0 Å². The maximum Gasteiger partial charge on any atom is 0.315 e. The van der Waals surface area contributed by atoms with Crippen molar-refractivity contribution in [3.63, 3.8) is 0 Å². The number of nitrogens with zero attached hydrogens (tertiary/aromatic N) is 1. The van der Waals surface area contributed by atoms with Crippen LogP contribution in [0, 0.1) is 11.7 Å². The Morgan fingerprint density at radius 3 is 2.95 bits per heavy atom. The normalized spacial score (nSPS) is 18.9. The van der Waals surface area contributed by atoms with Crippen LogP contribution < -0.4 is 10.6 Å². The molecular weight excluding hydrogens is 281 g/mol. The third kappa shape index (κ3) is 5.64. The predicted octanol–water partition coefficient (Wildman–Crippen LogP) is 2.75. The highest BCUT2D eigenvalue weighted by Gasteiger charge is 2.15. The molecule has 0 spiro atoms. The van der Waals surface area contributed by atoms with Gasteiger partial charge in [-0.3, -0.25) is 0 Å². The fourth-order valence-corrected chi connectivity index (χ4v) is 2.87. The highest BCUT2D eigenvalue weighted by atomic mass is 19.1. The molecule has 2 amide bonds. The molecule has 0 aromatic heterocycles. The van der Waals surface area contributed by atoms with E-state index in [0.29, 0.717) is 12.1 Å². The second kappa shape index (κ2) is 8.73. The number of likely N-dealkylation sites (tertiary alicyclic amines) is 1. The lowest BCUT2D eigenvalue weighted by atomic mass is 10.0. The molecule has 2 rings (SSSR count). The van der Waals surface area contributed by atoms with Crippen molar-refractivity contribution in [3.8, 4) is 0 Å². The summed E-state index contributed by atoms with van der Waals surface area (Å²) in [6, 6.07) is 6.23. The number of halogens is 1. The maximum atomic E-state index is 13.4. The monoisotopic (exact) mass is 307 g/mol. The second-order valence-corrected chi connectivity index (χ2v) is 6.10. The first kappa shape index (κ1) is 16.7. The van der Waals surface area contributed by atoms with Gasteiger partial charge in [-0.1, -0.05) is 25.1 Å². The lowest BCUT2D eigenvalue weighted by Gasteiger charge is -2.30. The summed E-state index contributed by atoms with van der Waals surface area (Å²) in [7, 11) is 0. The Hall–Kier alpha value is -1.62. The minimum absolute atomic E-state index is 0.210. The number of piperidine rings is 1. The van der Waals surface area contributed by atoms with Crippen LogP contribution in [-0.4, -0.2) is 37.1 Å². The molecule has 1 aromatic carbocycles. The lowest BCUT2D eigenvalue weighted by Crippen LogP contribution is -2.39. The second-order valence-electron chi connectivity index (χ2n) is 6.10. The fraction of sp³-hybridized carbons (Fsp3) is 0.588. The summed E-state index contributed by atoms with van der Waals surface area (Å²) in [6.45, 7) is 6.51. The Bertz CT molecular complexity index is 481. The van der Waals surface area contributed by atoms with E-state index >= 15 is 0 Å². The molecule has 1 aliphatic heterocycles. The first-order chi connectivity index (χ1) is 10.6. The van der Waals surface area contributed by atoms with E-state index in [9.17, 15) is 9.18 Å². The fourth-order valence-electron chi connectivity index (χ4n) is 2.87. The van der Waals surface area contributed by atoms with Crippen LogP contribution in [0.25, 0.3) is 0 Å². The molecule has 122 valence electrons. The molecule has 0 radical (unpaired) electrons. The number of rotatable bonds is 6. The largest absolute Gasteiger partial charge is 0.338 e. The average molecular weight is 307 g/mol. The van der Waals surface area contributed by atoms with Crippen LogP contribution in [0.5, 0.6) is 0 Å². The van der Waals surface area contributed by atoms with Crippen molar-refractivity contribution < 1.29 is 9.18 Å². The predicted molar refractivity (Wildman–Crippen MR) is 86.1 cm³/mol. The average Bonchev–Trinajstić information content (AvgIpc) is 2.51. The van der Waals surface area contributed by atoms with Crippen molar-refractivity contribution in [2.45, 2.75) is 32.7 Å². The summed E-state index contributed by atoms with van der Waals surface area (Å²) in [5, 5.41) is 5.51. The standard InChI is InChI=1S/C17H26FN3O/c1-14-6-4-10-21(13-14)11-5-9-19-17(22)20-12-15-7-2-3-8-16(15)18/h2-3,7-8,14H,4-6,9-13H2,1H3,(H2,19,20,22). The number of benzene rings is 1. The molecule has 0 aliphatic carbocycles. The minimum Gasteiger partial charge on any atom is -0.338 e. The summed E-state index contributed by atoms with van der Waals surface area (Å²) in [5.41, 5.74) is 0.500. The number of hydrogen-bond acceptors (Lipinski definition) is 2. The molecule has 1 fully saturated rings. The Balaban J connectivity index is 1.57. The Morgan fingerprint density at radius 1 is 1.36 bits per heavy atom. The van der Waals surface area contributed by atoms with Crippen molar-refractivity contribution in [1.82, 2.24) is 15.5 Å². The van der Waals surface area contributed by atoms with Gasteiger partial charge >= 0.3 is 6.03 Å². The van der Waals surface area contributed by atoms with E-state index in [1.807, 2.05) is 0 Å². The van der Waals surface area contributed by atoms with E-state index in [2.05, 4.69) is 22.5 Å². The van der Waals surface area contributed by atoms with Gasteiger partial charge in [-0.25, -0.2) is 9.18 Å². The summed E-state index contributed by atoms with van der Waals surface area (Å²) < 4.78 is 13.4. The molecule has 0 saturated carbocycles. The molecule has 0 bridgehead atoms. The third-order valence-electron chi connectivity index (χ3n) is 4.08. The quantitative estimate of drug-likeness (QED) is 0.794. The van der Waals surface area contributed by atoms with E-state index in [0.717, 1.165) is 18.9 Å². The highest BCUT2D eigenvalue weighted by Crippen LogP contribution is 2.15. The first-order valence-corrected chi connectivity index (χ1v) is 8.12. The van der Waals surface area contributed by atoms with E-state index in [-0.39, 0.29) is 18.4 Å². The van der Waals surface area contributed by atoms with Gasteiger partial charge in [0.05, 0.1) is 0 Å². The van der Waals surface area contributed by atoms with E-state index in [1.54, 1.807) is 18.2 Å². The minimum atomic E-state index is -0.290. The zero-order valence-electron chi connectivity index (χ0n) is 13.3. The summed E-state index contributed by atoms with van der Waals surface area (Å²) in [5.74, 6) is 0.493. The summed E-state index contributed by atoms with van der Waals surface area (Å²) in [6.07, 6.45) is 3.55. The SMILES string of the molecule is CC1CCCN(CCCNC(=O)NCc2ccccc2F)C1. The molecule has 1 saturated heterocycles. The van der Waals surface area contributed by atoms with E-state index in [1.165, 1.54) is 32.0 Å². The number of carbonyl (C=O) groups is 1. The Labute approximate surface area is 132 Å². The van der Waals surface area contributed by atoms with Gasteiger partial charge in [-0.05, 0) is 44.3 Å². The van der Waals surface area contributed by atoms with Crippen LogP contribution in [0.15, 0.2) is 24.3 Å². The van der Waals surface area contributed by atoms with Crippen molar-refractivity contribution in [2.24, 2.45) is 5.92 Å². The zero-order valence-corrected chi connectivity index (χ0v) is 13.3. The van der Waals surface area contributed by atoms with Gasteiger partial charge in [0, 0.05) is 25.2 Å². The van der Waals surface area contributed by atoms with Gasteiger partial charge in [-0.15, -0.1) is 0 Å². The van der Waals surface area contributed by atoms with Crippen molar-refractivity contribution >= 4 is 6.03 Å². The summed E-state index contributed by atoms with van der Waals surface area (Å²) in [4.78, 5) is 14.1. The van der Waals surface area contributed by atoms with Crippen LogP contribution in [0.1, 0.15) is 31.7 Å². The van der Waals surface area contributed by atoms with Crippen LogP contribution in [0.3, 0.4) is 0 Å². The Kier molecular flexibility index (Phi) is 6.65. The topological polar surface area (TPSA) is 44.4 Å². The molecule has 22 heavy (non-hydrogen) atoms. The number of carbonyl (C=O) groups excluding carboxylic acids is 1. The number of nitrogens with one attached hydrogen (secondary N) is 2. The van der Waals surface area contributed by atoms with Gasteiger partial charge in [0.25, 0.3) is 0 Å². The molecule has 2 N–H and O–H groups in total. The van der Waals surface area contributed by atoms with Gasteiger partial charge in [0.1, 0.15) is 5.82 Å². The van der Waals surface area contributed by atoms with Crippen LogP contribution in [0.2, 0.25) is 0 Å². The molecule has 1 aliphatic rings. The molecular formula is C17H26FN3O. The molecule has 1 atom stereocenters. The van der Waals surface area contributed by atoms with Crippen LogP contribution >= 0.6 is 0 Å². The molecule has 1 unspecified atom stereocenters. The Morgan fingerprint density at radius 2 is 2.18 bits per heavy atom. The number of hydrogen-bond donors (Lipinski definition) is 2. The van der Waals surface area contributed by atoms with Crippen LogP contribution in [-0.2, 0) is 6.54 Å². The number of amides is 2. The number of urea groups is 1. The smallest absolute Gasteiger partial charge is 0.315 e. The highest BCUT2D eigenvalue weighted by molar-refractivity contribution is 5.73. The first-order valence-electron chi connectivity index (χ1n) is 8.12. The van der Waals surface area contributed by atoms with Crippen molar-refractivity contribution in [3.05, 3.63) is 35.6 Å². The van der Waals surface area contributed by atoms with Crippen LogP contribution in [0.4, 0.5) is 9.18 Å². The van der Waals surface area contributed by atoms with Gasteiger partial charge in [0.2, 0.25) is 0 Å². The molecule has 1 heterocycles. The molecule has 5 heteroatoms. The van der Waals surface area contributed by atoms with Gasteiger partial charge in [0.15, 0.2) is 0 Å². The third-order valence-corrected chi connectivity index (χ3v) is 4.08.